The molecule has 0 bridgehead atoms. The highest BCUT2D eigenvalue weighted by molar-refractivity contribution is 5.93. The molecule has 1 aromatic heterocycles. The van der Waals surface area contributed by atoms with Crippen LogP contribution in [0.3, 0.4) is 0 Å². The zero-order valence-electron chi connectivity index (χ0n) is 10.4. The monoisotopic (exact) mass is 265 g/mol. The number of carboxylic acid groups (broad SMARTS) is 1. The number of likely N-dealkylation sites (tertiary alicyclic amines) is 1. The van der Waals surface area contributed by atoms with E-state index in [4.69, 9.17) is 5.11 Å². The Balaban J connectivity index is 2.11. The van der Waals surface area contributed by atoms with Crippen molar-refractivity contribution in [2.24, 2.45) is 0 Å². The van der Waals surface area contributed by atoms with Crippen LogP contribution in [-0.4, -0.2) is 50.8 Å². The second kappa shape index (κ2) is 5.23. The maximum Gasteiger partial charge on any atom is 0.326 e. The van der Waals surface area contributed by atoms with Gasteiger partial charge in [0.25, 0.3) is 0 Å². The van der Waals surface area contributed by atoms with Crippen molar-refractivity contribution in [3.05, 3.63) is 24.0 Å². The number of aliphatic hydroxyl groups is 1. The van der Waals surface area contributed by atoms with Crippen LogP contribution in [0.1, 0.15) is 12.0 Å². The molecular formula is C12H15N3O4. The van der Waals surface area contributed by atoms with E-state index in [0.29, 0.717) is 5.69 Å². The fraction of sp³-hybridized carbons (Fsp3) is 0.417. The molecule has 2 amide bonds. The molecule has 0 spiro atoms. The fourth-order valence-corrected chi connectivity index (χ4v) is 2.05. The van der Waals surface area contributed by atoms with Crippen LogP contribution in [0.5, 0.6) is 0 Å². The number of nitrogens with zero attached hydrogens (tertiary/aromatic N) is 2. The molecule has 1 aliphatic heterocycles. The highest BCUT2D eigenvalue weighted by Gasteiger charge is 2.39. The molecule has 1 aliphatic rings. The van der Waals surface area contributed by atoms with Gasteiger partial charge in [-0.05, 0) is 18.6 Å². The lowest BCUT2D eigenvalue weighted by atomic mass is 10.2. The van der Waals surface area contributed by atoms with Crippen molar-refractivity contribution in [3.63, 3.8) is 0 Å². The van der Waals surface area contributed by atoms with Crippen molar-refractivity contribution in [2.45, 2.75) is 25.5 Å². The number of anilines is 1. The Morgan fingerprint density at radius 2 is 2.26 bits per heavy atom. The number of hydrogen-bond donors (Lipinski definition) is 3. The standard InChI is InChI=1S/C12H15N3O4/c1-7-2-3-13-5-9(7)14-12(19)15-6-8(16)4-10(15)11(17)18/h2-3,5,8,10,16H,4,6H2,1H3,(H,14,19)(H,17,18)/t8-,10+/m1/s1. The predicted octanol–water partition coefficient (Wildman–Crippen LogP) is 0.442. The second-order valence-electron chi connectivity index (χ2n) is 4.52. The Hall–Kier alpha value is -2.15. The lowest BCUT2D eigenvalue weighted by Crippen LogP contribution is -2.43. The molecule has 0 saturated carbocycles. The normalized spacial score (nSPS) is 22.3. The number of aliphatic hydroxyl groups excluding tert-OH is 1. The first-order chi connectivity index (χ1) is 8.99. The topological polar surface area (TPSA) is 103 Å². The zero-order chi connectivity index (χ0) is 14.0. The van der Waals surface area contributed by atoms with Crippen molar-refractivity contribution < 1.29 is 19.8 Å². The zero-order valence-corrected chi connectivity index (χ0v) is 10.4. The molecule has 7 heteroatoms. The number of hydrogen-bond acceptors (Lipinski definition) is 4. The molecule has 0 radical (unpaired) electrons. The summed E-state index contributed by atoms with van der Waals surface area (Å²) in [5.74, 6) is -1.12. The van der Waals surface area contributed by atoms with Gasteiger partial charge in [-0.25, -0.2) is 9.59 Å². The van der Waals surface area contributed by atoms with Crippen LogP contribution in [0.2, 0.25) is 0 Å². The van der Waals surface area contributed by atoms with E-state index < -0.39 is 24.1 Å². The number of amides is 2. The van der Waals surface area contributed by atoms with E-state index >= 15 is 0 Å². The van der Waals surface area contributed by atoms with E-state index in [1.165, 1.54) is 6.20 Å². The third kappa shape index (κ3) is 2.82. The second-order valence-corrected chi connectivity index (χ2v) is 4.52. The quantitative estimate of drug-likeness (QED) is 0.720. The first-order valence-electron chi connectivity index (χ1n) is 5.88. The van der Waals surface area contributed by atoms with Crippen LogP contribution in [0, 0.1) is 6.92 Å². The minimum absolute atomic E-state index is 0.0160. The largest absolute Gasteiger partial charge is 0.480 e. The van der Waals surface area contributed by atoms with Gasteiger partial charge >= 0.3 is 12.0 Å². The van der Waals surface area contributed by atoms with E-state index in [2.05, 4.69) is 10.3 Å². The van der Waals surface area contributed by atoms with Gasteiger partial charge in [-0.3, -0.25) is 4.98 Å². The number of carbonyl (C=O) groups is 2. The molecule has 1 aromatic rings. The average molecular weight is 265 g/mol. The number of rotatable bonds is 2. The SMILES string of the molecule is Cc1ccncc1NC(=O)N1C[C@H](O)C[C@H]1C(=O)O. The number of aromatic nitrogens is 1. The van der Waals surface area contributed by atoms with Gasteiger partial charge in [0.05, 0.1) is 18.0 Å². The van der Waals surface area contributed by atoms with E-state index in [1.807, 2.05) is 6.92 Å². The summed E-state index contributed by atoms with van der Waals surface area (Å²) in [6, 6.07) is 0.204. The molecule has 2 atom stereocenters. The van der Waals surface area contributed by atoms with Gasteiger partial charge in [0, 0.05) is 19.2 Å². The van der Waals surface area contributed by atoms with Crippen molar-refractivity contribution in [1.82, 2.24) is 9.88 Å². The van der Waals surface area contributed by atoms with Crippen molar-refractivity contribution in [3.8, 4) is 0 Å². The number of carbonyl (C=O) groups excluding carboxylic acids is 1. The van der Waals surface area contributed by atoms with E-state index in [1.54, 1.807) is 12.3 Å². The number of β-amino-alcohol motifs (C(OH)–C–C–N with tert-alkyl or cyclic N) is 1. The summed E-state index contributed by atoms with van der Waals surface area (Å²) in [6.07, 6.45) is 2.34. The van der Waals surface area contributed by atoms with Gasteiger partial charge in [-0.1, -0.05) is 0 Å². The molecular weight excluding hydrogens is 250 g/mol. The number of carboxylic acids is 1. The number of pyridine rings is 1. The fourth-order valence-electron chi connectivity index (χ4n) is 2.05. The number of nitrogens with one attached hydrogen (secondary N) is 1. The Labute approximate surface area is 109 Å². The Kier molecular flexibility index (Phi) is 3.66. The molecule has 102 valence electrons. The molecule has 2 heterocycles. The van der Waals surface area contributed by atoms with Crippen LogP contribution in [0.4, 0.5) is 10.5 Å². The maximum absolute atomic E-state index is 12.0. The molecule has 0 unspecified atom stereocenters. The lowest BCUT2D eigenvalue weighted by molar-refractivity contribution is -0.141. The molecule has 0 aliphatic carbocycles. The third-order valence-electron chi connectivity index (χ3n) is 3.11. The van der Waals surface area contributed by atoms with Crippen molar-refractivity contribution >= 4 is 17.7 Å². The predicted molar refractivity (Wildman–Crippen MR) is 66.7 cm³/mol. The van der Waals surface area contributed by atoms with Gasteiger partial charge < -0.3 is 20.4 Å². The number of aryl methyl sites for hydroxylation is 1. The summed E-state index contributed by atoms with van der Waals surface area (Å²) < 4.78 is 0. The van der Waals surface area contributed by atoms with Crippen LogP contribution < -0.4 is 5.32 Å². The Morgan fingerprint density at radius 3 is 2.89 bits per heavy atom. The molecule has 0 aromatic carbocycles. The van der Waals surface area contributed by atoms with Gasteiger partial charge in [-0.2, -0.15) is 0 Å². The minimum atomic E-state index is -1.12. The first-order valence-corrected chi connectivity index (χ1v) is 5.88. The summed E-state index contributed by atoms with van der Waals surface area (Å²) in [4.78, 5) is 28.1. The van der Waals surface area contributed by atoms with Gasteiger partial charge in [0.15, 0.2) is 0 Å². The summed E-state index contributed by atoms with van der Waals surface area (Å²) in [5.41, 5.74) is 1.35. The molecule has 19 heavy (non-hydrogen) atoms. The van der Waals surface area contributed by atoms with Gasteiger partial charge in [0.1, 0.15) is 6.04 Å². The molecule has 1 fully saturated rings. The van der Waals surface area contributed by atoms with Crippen molar-refractivity contribution in [1.29, 1.82) is 0 Å². The Morgan fingerprint density at radius 1 is 1.53 bits per heavy atom. The van der Waals surface area contributed by atoms with E-state index in [0.717, 1.165) is 10.5 Å². The highest BCUT2D eigenvalue weighted by atomic mass is 16.4. The Bertz CT molecular complexity index is 506. The summed E-state index contributed by atoms with van der Waals surface area (Å²) in [7, 11) is 0. The van der Waals surface area contributed by atoms with E-state index in [-0.39, 0.29) is 13.0 Å². The third-order valence-corrected chi connectivity index (χ3v) is 3.11. The summed E-state index contributed by atoms with van der Waals surface area (Å²) >= 11 is 0. The minimum Gasteiger partial charge on any atom is -0.480 e. The van der Waals surface area contributed by atoms with E-state index in [9.17, 15) is 14.7 Å². The van der Waals surface area contributed by atoms with Crippen LogP contribution in [-0.2, 0) is 4.79 Å². The maximum atomic E-state index is 12.0. The molecule has 7 nitrogen and oxygen atoms in total. The van der Waals surface area contributed by atoms with Crippen molar-refractivity contribution in [2.75, 3.05) is 11.9 Å². The molecule has 1 saturated heterocycles. The number of urea groups is 1. The summed E-state index contributed by atoms with van der Waals surface area (Å²) in [5, 5.41) is 21.1. The van der Waals surface area contributed by atoms with Gasteiger partial charge in [0.2, 0.25) is 0 Å². The lowest BCUT2D eigenvalue weighted by Gasteiger charge is -2.21. The van der Waals surface area contributed by atoms with Crippen LogP contribution in [0.15, 0.2) is 18.5 Å². The van der Waals surface area contributed by atoms with Crippen LogP contribution >= 0.6 is 0 Å². The highest BCUT2D eigenvalue weighted by Crippen LogP contribution is 2.20. The molecule has 3 N–H and O–H groups in total. The van der Waals surface area contributed by atoms with Crippen LogP contribution in [0.25, 0.3) is 0 Å². The number of aliphatic carboxylic acids is 1. The summed E-state index contributed by atoms with van der Waals surface area (Å²) in [6.45, 7) is 1.83. The first kappa shape index (κ1) is 13.3. The smallest absolute Gasteiger partial charge is 0.326 e. The average Bonchev–Trinajstić information content (AvgIpc) is 2.74. The van der Waals surface area contributed by atoms with Gasteiger partial charge in [-0.15, -0.1) is 0 Å². The molecule has 2 rings (SSSR count).